The SMILES string of the molecule is CNC(c1cc(C)ccc1C)c1cc(C)ccc1OC. The molecule has 2 aromatic rings. The number of methoxy groups -OCH3 is 1. The number of ether oxygens (including phenoxy) is 1. The van der Waals surface area contributed by atoms with Crippen molar-refractivity contribution in [2.45, 2.75) is 26.8 Å². The van der Waals surface area contributed by atoms with Crippen LogP contribution in [-0.4, -0.2) is 14.2 Å². The first-order valence-electron chi connectivity index (χ1n) is 6.95. The topological polar surface area (TPSA) is 21.3 Å². The van der Waals surface area contributed by atoms with Crippen molar-refractivity contribution >= 4 is 0 Å². The van der Waals surface area contributed by atoms with Gasteiger partial charge in [-0.1, -0.05) is 41.5 Å². The number of hydrogen-bond acceptors (Lipinski definition) is 2. The molecule has 1 unspecified atom stereocenters. The van der Waals surface area contributed by atoms with E-state index in [1.165, 1.54) is 27.8 Å². The lowest BCUT2D eigenvalue weighted by molar-refractivity contribution is 0.405. The van der Waals surface area contributed by atoms with Crippen LogP contribution in [0.15, 0.2) is 36.4 Å². The average molecular weight is 269 g/mol. The van der Waals surface area contributed by atoms with E-state index in [-0.39, 0.29) is 6.04 Å². The second-order valence-corrected chi connectivity index (χ2v) is 5.33. The van der Waals surface area contributed by atoms with Gasteiger partial charge in [0, 0.05) is 5.56 Å². The molecule has 2 aromatic carbocycles. The fourth-order valence-corrected chi connectivity index (χ4v) is 2.63. The molecule has 0 heterocycles. The zero-order valence-electron chi connectivity index (χ0n) is 12.9. The maximum Gasteiger partial charge on any atom is 0.123 e. The van der Waals surface area contributed by atoms with Crippen molar-refractivity contribution in [2.75, 3.05) is 14.2 Å². The van der Waals surface area contributed by atoms with E-state index in [0.29, 0.717) is 0 Å². The maximum atomic E-state index is 5.53. The molecule has 0 radical (unpaired) electrons. The largest absolute Gasteiger partial charge is 0.496 e. The van der Waals surface area contributed by atoms with Gasteiger partial charge in [0.25, 0.3) is 0 Å². The van der Waals surface area contributed by atoms with Gasteiger partial charge in [0.2, 0.25) is 0 Å². The van der Waals surface area contributed by atoms with E-state index in [1.54, 1.807) is 7.11 Å². The Kier molecular flexibility index (Phi) is 4.46. The molecule has 0 spiro atoms. The third-order valence-corrected chi connectivity index (χ3v) is 3.73. The molecule has 2 nitrogen and oxygen atoms in total. The zero-order valence-corrected chi connectivity index (χ0v) is 12.9. The maximum absolute atomic E-state index is 5.53. The summed E-state index contributed by atoms with van der Waals surface area (Å²) in [5.41, 5.74) is 6.29. The summed E-state index contributed by atoms with van der Waals surface area (Å²) in [6.45, 7) is 6.39. The van der Waals surface area contributed by atoms with Gasteiger partial charge in [0.15, 0.2) is 0 Å². The molecule has 0 saturated carbocycles. The molecular formula is C18H23NO. The van der Waals surface area contributed by atoms with E-state index in [0.717, 1.165) is 5.75 Å². The fourth-order valence-electron chi connectivity index (χ4n) is 2.63. The third-order valence-electron chi connectivity index (χ3n) is 3.73. The minimum Gasteiger partial charge on any atom is -0.496 e. The Bertz CT molecular complexity index is 604. The van der Waals surface area contributed by atoms with E-state index in [9.17, 15) is 0 Å². The molecule has 0 fully saturated rings. The number of rotatable bonds is 4. The Hall–Kier alpha value is -1.80. The van der Waals surface area contributed by atoms with Crippen LogP contribution < -0.4 is 10.1 Å². The highest BCUT2D eigenvalue weighted by Gasteiger charge is 2.18. The lowest BCUT2D eigenvalue weighted by Gasteiger charge is -2.22. The van der Waals surface area contributed by atoms with Crippen LogP contribution in [0, 0.1) is 20.8 Å². The Labute approximate surface area is 121 Å². The molecule has 20 heavy (non-hydrogen) atoms. The van der Waals surface area contributed by atoms with Crippen molar-refractivity contribution in [3.63, 3.8) is 0 Å². The predicted molar refractivity (Wildman–Crippen MR) is 84.5 cm³/mol. The standard InChI is InChI=1S/C18H23NO/c1-12-6-8-14(3)15(10-12)18(19-4)16-11-13(2)7-9-17(16)20-5/h6-11,18-19H,1-5H3. The smallest absolute Gasteiger partial charge is 0.123 e. The van der Waals surface area contributed by atoms with Gasteiger partial charge in [-0.25, -0.2) is 0 Å². The average Bonchev–Trinajstić information content (AvgIpc) is 2.44. The van der Waals surface area contributed by atoms with Crippen LogP contribution in [0.4, 0.5) is 0 Å². The highest BCUT2D eigenvalue weighted by atomic mass is 16.5. The monoisotopic (exact) mass is 269 g/mol. The second-order valence-electron chi connectivity index (χ2n) is 5.33. The summed E-state index contributed by atoms with van der Waals surface area (Å²) in [6.07, 6.45) is 0. The van der Waals surface area contributed by atoms with Crippen LogP contribution in [0.3, 0.4) is 0 Å². The molecule has 0 saturated heterocycles. The van der Waals surface area contributed by atoms with Gasteiger partial charge < -0.3 is 10.1 Å². The number of benzene rings is 2. The van der Waals surface area contributed by atoms with Gasteiger partial charge in [0.1, 0.15) is 5.75 Å². The molecular weight excluding hydrogens is 246 g/mol. The number of nitrogens with one attached hydrogen (secondary N) is 1. The minimum absolute atomic E-state index is 0.143. The first-order chi connectivity index (χ1) is 9.56. The number of aryl methyl sites for hydroxylation is 3. The van der Waals surface area contributed by atoms with Crippen molar-refractivity contribution in [2.24, 2.45) is 0 Å². The molecule has 106 valence electrons. The van der Waals surface area contributed by atoms with E-state index < -0.39 is 0 Å². The van der Waals surface area contributed by atoms with Crippen molar-refractivity contribution in [1.29, 1.82) is 0 Å². The Morgan fingerprint density at radius 1 is 0.900 bits per heavy atom. The quantitative estimate of drug-likeness (QED) is 0.908. The molecule has 2 rings (SSSR count). The Balaban J connectivity index is 2.57. The van der Waals surface area contributed by atoms with Crippen LogP contribution in [0.1, 0.15) is 33.9 Å². The fraction of sp³-hybridized carbons (Fsp3) is 0.333. The van der Waals surface area contributed by atoms with Gasteiger partial charge in [-0.15, -0.1) is 0 Å². The Morgan fingerprint density at radius 3 is 2.10 bits per heavy atom. The van der Waals surface area contributed by atoms with Crippen LogP contribution in [0.5, 0.6) is 5.75 Å². The molecule has 1 atom stereocenters. The summed E-state index contributed by atoms with van der Waals surface area (Å²) >= 11 is 0. The summed E-state index contributed by atoms with van der Waals surface area (Å²) in [5, 5.41) is 3.42. The first kappa shape index (κ1) is 14.6. The molecule has 0 aliphatic rings. The van der Waals surface area contributed by atoms with E-state index in [4.69, 9.17) is 4.74 Å². The molecule has 0 aromatic heterocycles. The second kappa shape index (κ2) is 6.10. The highest BCUT2D eigenvalue weighted by Crippen LogP contribution is 2.32. The first-order valence-corrected chi connectivity index (χ1v) is 6.95. The Morgan fingerprint density at radius 2 is 1.50 bits per heavy atom. The van der Waals surface area contributed by atoms with Gasteiger partial charge in [0.05, 0.1) is 13.2 Å². The molecule has 0 aliphatic carbocycles. The summed E-state index contributed by atoms with van der Waals surface area (Å²) in [4.78, 5) is 0. The zero-order chi connectivity index (χ0) is 14.7. The number of hydrogen-bond donors (Lipinski definition) is 1. The van der Waals surface area contributed by atoms with Crippen LogP contribution in [0.25, 0.3) is 0 Å². The summed E-state index contributed by atoms with van der Waals surface area (Å²) in [7, 11) is 3.72. The van der Waals surface area contributed by atoms with Gasteiger partial charge in [-0.2, -0.15) is 0 Å². The van der Waals surface area contributed by atoms with Crippen molar-refractivity contribution in [1.82, 2.24) is 5.32 Å². The molecule has 0 amide bonds. The summed E-state index contributed by atoms with van der Waals surface area (Å²) in [6, 6.07) is 13.0. The predicted octanol–water partition coefficient (Wildman–Crippen LogP) is 3.93. The molecule has 1 N–H and O–H groups in total. The summed E-state index contributed by atoms with van der Waals surface area (Å²) in [5.74, 6) is 0.927. The van der Waals surface area contributed by atoms with Crippen molar-refractivity contribution in [3.8, 4) is 5.75 Å². The van der Waals surface area contributed by atoms with E-state index >= 15 is 0 Å². The third kappa shape index (κ3) is 2.86. The van der Waals surface area contributed by atoms with Crippen LogP contribution >= 0.6 is 0 Å². The molecule has 0 bridgehead atoms. The van der Waals surface area contributed by atoms with Crippen molar-refractivity contribution < 1.29 is 4.74 Å². The normalized spacial score (nSPS) is 12.2. The van der Waals surface area contributed by atoms with E-state index in [2.05, 4.69) is 56.4 Å². The van der Waals surface area contributed by atoms with Crippen LogP contribution in [0.2, 0.25) is 0 Å². The van der Waals surface area contributed by atoms with Gasteiger partial charge >= 0.3 is 0 Å². The van der Waals surface area contributed by atoms with Crippen molar-refractivity contribution in [3.05, 3.63) is 64.2 Å². The summed E-state index contributed by atoms with van der Waals surface area (Å²) < 4.78 is 5.53. The van der Waals surface area contributed by atoms with Gasteiger partial charge in [-0.05, 0) is 45.0 Å². The van der Waals surface area contributed by atoms with Gasteiger partial charge in [-0.3, -0.25) is 0 Å². The van der Waals surface area contributed by atoms with E-state index in [1.807, 2.05) is 13.1 Å². The lowest BCUT2D eigenvalue weighted by Crippen LogP contribution is -2.19. The molecule has 2 heteroatoms. The molecule has 0 aliphatic heterocycles. The van der Waals surface area contributed by atoms with Crippen LogP contribution in [-0.2, 0) is 0 Å². The lowest BCUT2D eigenvalue weighted by atomic mass is 9.92. The highest BCUT2D eigenvalue weighted by molar-refractivity contribution is 5.46. The minimum atomic E-state index is 0.143.